The number of hydrogen-bond acceptors (Lipinski definition) is 3. The third-order valence-electron chi connectivity index (χ3n) is 4.64. The third kappa shape index (κ3) is 2.13. The second-order valence-electron chi connectivity index (χ2n) is 6.44. The molecule has 0 bridgehead atoms. The highest BCUT2D eigenvalue weighted by atomic mass is 16.3. The van der Waals surface area contributed by atoms with Crippen LogP contribution >= 0.6 is 0 Å². The molecule has 1 heterocycles. The van der Waals surface area contributed by atoms with Crippen molar-refractivity contribution in [3.05, 3.63) is 0 Å². The van der Waals surface area contributed by atoms with Crippen LogP contribution < -0.4 is 0 Å². The highest BCUT2D eigenvalue weighted by Gasteiger charge is 2.44. The summed E-state index contributed by atoms with van der Waals surface area (Å²) in [6.45, 7) is 6.67. The van der Waals surface area contributed by atoms with E-state index >= 15 is 0 Å². The summed E-state index contributed by atoms with van der Waals surface area (Å²) in [5, 5.41) is 10.3. The zero-order valence-corrected chi connectivity index (χ0v) is 11.1. The van der Waals surface area contributed by atoms with E-state index in [1.807, 2.05) is 0 Å². The molecule has 1 aliphatic carbocycles. The van der Waals surface area contributed by atoms with E-state index in [1.165, 1.54) is 6.42 Å². The van der Waals surface area contributed by atoms with Gasteiger partial charge in [0, 0.05) is 25.2 Å². The van der Waals surface area contributed by atoms with E-state index in [1.54, 1.807) is 0 Å². The van der Waals surface area contributed by atoms with Gasteiger partial charge in [-0.25, -0.2) is 0 Å². The molecule has 1 aliphatic heterocycles. The largest absolute Gasteiger partial charge is 0.391 e. The smallest absolute Gasteiger partial charge is 0.0746 e. The van der Waals surface area contributed by atoms with Gasteiger partial charge in [0.05, 0.1) is 6.10 Å². The topological polar surface area (TPSA) is 26.7 Å². The van der Waals surface area contributed by atoms with E-state index in [-0.39, 0.29) is 11.5 Å². The van der Waals surface area contributed by atoms with Gasteiger partial charge in [-0.3, -0.25) is 4.90 Å². The molecule has 0 aromatic heterocycles. The van der Waals surface area contributed by atoms with Crippen LogP contribution in [0.25, 0.3) is 0 Å². The fourth-order valence-electron chi connectivity index (χ4n) is 3.22. The number of hydrogen-bond donors (Lipinski definition) is 1. The molecule has 1 saturated heterocycles. The molecule has 94 valence electrons. The Morgan fingerprint density at radius 2 is 1.94 bits per heavy atom. The lowest BCUT2D eigenvalue weighted by Gasteiger charge is -2.31. The van der Waals surface area contributed by atoms with E-state index in [0.29, 0.717) is 12.1 Å². The van der Waals surface area contributed by atoms with Gasteiger partial charge in [0.25, 0.3) is 0 Å². The van der Waals surface area contributed by atoms with Crippen LogP contribution in [0.15, 0.2) is 0 Å². The summed E-state index contributed by atoms with van der Waals surface area (Å²) in [7, 11) is 4.31. The van der Waals surface area contributed by atoms with Crippen molar-refractivity contribution in [1.29, 1.82) is 0 Å². The van der Waals surface area contributed by atoms with Crippen molar-refractivity contribution in [2.45, 2.75) is 51.3 Å². The molecule has 3 heteroatoms. The van der Waals surface area contributed by atoms with Crippen LogP contribution in [0.2, 0.25) is 0 Å². The molecule has 0 aromatic carbocycles. The Morgan fingerprint density at radius 1 is 1.25 bits per heavy atom. The molecule has 2 aliphatic rings. The van der Waals surface area contributed by atoms with E-state index in [9.17, 15) is 5.11 Å². The molecule has 3 unspecified atom stereocenters. The maximum Gasteiger partial charge on any atom is 0.0746 e. The van der Waals surface area contributed by atoms with Gasteiger partial charge in [-0.15, -0.1) is 0 Å². The molecule has 2 fully saturated rings. The first-order chi connectivity index (χ1) is 7.42. The Balaban J connectivity index is 1.96. The van der Waals surface area contributed by atoms with Crippen LogP contribution in [0.1, 0.15) is 33.1 Å². The van der Waals surface area contributed by atoms with Crippen LogP contribution in [0.3, 0.4) is 0 Å². The van der Waals surface area contributed by atoms with Crippen LogP contribution in [-0.2, 0) is 0 Å². The molecule has 1 N–H and O–H groups in total. The first-order valence-electron chi connectivity index (χ1n) is 6.50. The van der Waals surface area contributed by atoms with E-state index in [2.05, 4.69) is 37.7 Å². The zero-order valence-electron chi connectivity index (χ0n) is 11.1. The van der Waals surface area contributed by atoms with E-state index in [0.717, 1.165) is 25.9 Å². The molecule has 0 spiro atoms. The SMILES string of the molecule is CN(C)C1CCN(C2CCC(C)(C)C2O)C1. The lowest BCUT2D eigenvalue weighted by Crippen LogP contribution is -2.44. The minimum Gasteiger partial charge on any atom is -0.391 e. The molecule has 2 rings (SSSR count). The van der Waals surface area contributed by atoms with Gasteiger partial charge in [0.2, 0.25) is 0 Å². The van der Waals surface area contributed by atoms with Crippen LogP contribution in [0.5, 0.6) is 0 Å². The Morgan fingerprint density at radius 3 is 2.38 bits per heavy atom. The molecule has 3 atom stereocenters. The fraction of sp³-hybridized carbons (Fsp3) is 1.00. The third-order valence-corrected chi connectivity index (χ3v) is 4.64. The number of aliphatic hydroxyl groups is 1. The summed E-state index contributed by atoms with van der Waals surface area (Å²) >= 11 is 0. The molecule has 1 saturated carbocycles. The standard InChI is InChI=1S/C13H26N2O/c1-13(2)7-5-11(12(13)16)15-8-6-10(9-15)14(3)4/h10-12,16H,5-9H2,1-4H3. The normalized spacial score (nSPS) is 39.8. The molecule has 0 aromatic rings. The van der Waals surface area contributed by atoms with Gasteiger partial charge in [0.1, 0.15) is 0 Å². The van der Waals surface area contributed by atoms with Gasteiger partial charge in [-0.1, -0.05) is 13.8 Å². The summed E-state index contributed by atoms with van der Waals surface area (Å²) in [4.78, 5) is 4.82. The van der Waals surface area contributed by atoms with Crippen molar-refractivity contribution in [1.82, 2.24) is 9.80 Å². The highest BCUT2D eigenvalue weighted by Crippen LogP contribution is 2.40. The molecule has 0 amide bonds. The number of nitrogens with zero attached hydrogens (tertiary/aromatic N) is 2. The second kappa shape index (κ2) is 4.28. The predicted octanol–water partition coefficient (Wildman–Crippen LogP) is 1.17. The van der Waals surface area contributed by atoms with Crippen molar-refractivity contribution >= 4 is 0 Å². The van der Waals surface area contributed by atoms with Crippen molar-refractivity contribution < 1.29 is 5.11 Å². The molecular formula is C13H26N2O. The van der Waals surface area contributed by atoms with Gasteiger partial charge >= 0.3 is 0 Å². The number of aliphatic hydroxyl groups excluding tert-OH is 1. The molecular weight excluding hydrogens is 200 g/mol. The van der Waals surface area contributed by atoms with Gasteiger partial charge in [-0.05, 0) is 38.8 Å². The van der Waals surface area contributed by atoms with Crippen LogP contribution in [-0.4, -0.2) is 60.3 Å². The summed E-state index contributed by atoms with van der Waals surface area (Å²) < 4.78 is 0. The van der Waals surface area contributed by atoms with E-state index < -0.39 is 0 Å². The minimum atomic E-state index is -0.145. The molecule has 3 nitrogen and oxygen atoms in total. The Hall–Kier alpha value is -0.120. The summed E-state index contributed by atoms with van der Waals surface area (Å²) in [6, 6.07) is 1.08. The monoisotopic (exact) mass is 226 g/mol. The van der Waals surface area contributed by atoms with E-state index in [4.69, 9.17) is 0 Å². The van der Waals surface area contributed by atoms with Gasteiger partial charge < -0.3 is 10.0 Å². The molecule has 16 heavy (non-hydrogen) atoms. The van der Waals surface area contributed by atoms with Crippen molar-refractivity contribution in [2.75, 3.05) is 27.2 Å². The number of likely N-dealkylation sites (N-methyl/N-ethyl adjacent to an activating group) is 1. The van der Waals surface area contributed by atoms with Gasteiger partial charge in [-0.2, -0.15) is 0 Å². The van der Waals surface area contributed by atoms with Crippen molar-refractivity contribution in [3.8, 4) is 0 Å². The summed E-state index contributed by atoms with van der Waals surface area (Å²) in [6.07, 6.45) is 3.42. The maximum atomic E-state index is 10.3. The number of likely N-dealkylation sites (tertiary alicyclic amines) is 1. The summed E-state index contributed by atoms with van der Waals surface area (Å²) in [5.41, 5.74) is 0.112. The quantitative estimate of drug-likeness (QED) is 0.766. The first-order valence-corrected chi connectivity index (χ1v) is 6.50. The highest BCUT2D eigenvalue weighted by molar-refractivity contribution is 4.98. The molecule has 0 radical (unpaired) electrons. The first kappa shape index (κ1) is 12.3. The fourth-order valence-corrected chi connectivity index (χ4v) is 3.22. The lowest BCUT2D eigenvalue weighted by atomic mass is 9.88. The maximum absolute atomic E-state index is 10.3. The van der Waals surface area contributed by atoms with Crippen LogP contribution in [0, 0.1) is 5.41 Å². The Kier molecular flexibility index (Phi) is 3.30. The number of rotatable bonds is 2. The average Bonchev–Trinajstić information content (AvgIpc) is 2.74. The lowest BCUT2D eigenvalue weighted by molar-refractivity contribution is 0.0207. The second-order valence-corrected chi connectivity index (χ2v) is 6.44. The van der Waals surface area contributed by atoms with Crippen LogP contribution in [0.4, 0.5) is 0 Å². The van der Waals surface area contributed by atoms with Gasteiger partial charge in [0.15, 0.2) is 0 Å². The predicted molar refractivity (Wildman–Crippen MR) is 66.5 cm³/mol. The Labute approximate surface area is 99.4 Å². The minimum absolute atomic E-state index is 0.112. The average molecular weight is 226 g/mol. The summed E-state index contributed by atoms with van der Waals surface area (Å²) in [5.74, 6) is 0. The zero-order chi connectivity index (χ0) is 11.9. The van der Waals surface area contributed by atoms with Crippen molar-refractivity contribution in [2.24, 2.45) is 5.41 Å². The van der Waals surface area contributed by atoms with Crippen molar-refractivity contribution in [3.63, 3.8) is 0 Å². The Bertz CT molecular complexity index is 252.